The fraction of sp³-hybridized carbons (Fsp3) is 0.188. The summed E-state index contributed by atoms with van der Waals surface area (Å²) in [5.74, 6) is -0.406. The number of amides is 1. The molecule has 0 aliphatic carbocycles. The first-order valence-corrected chi connectivity index (χ1v) is 9.33. The van der Waals surface area contributed by atoms with E-state index >= 15 is 0 Å². The first kappa shape index (κ1) is 16.7. The lowest BCUT2D eigenvalue weighted by molar-refractivity contribution is 0.0936. The number of sulfone groups is 1. The van der Waals surface area contributed by atoms with E-state index in [1.54, 1.807) is 12.1 Å². The van der Waals surface area contributed by atoms with Crippen molar-refractivity contribution in [3.05, 3.63) is 64.1 Å². The third kappa shape index (κ3) is 3.96. The van der Waals surface area contributed by atoms with E-state index in [0.717, 1.165) is 16.3 Å². The average molecular weight is 382 g/mol. The van der Waals surface area contributed by atoms with Gasteiger partial charge in [0.1, 0.15) is 0 Å². The van der Waals surface area contributed by atoms with E-state index in [1.165, 1.54) is 12.1 Å². The van der Waals surface area contributed by atoms with Crippen LogP contribution in [0.1, 0.15) is 28.9 Å². The molecule has 0 spiro atoms. The standard InChI is InChI=1S/C16H16BrNO3S/c1-11(12-7-9-13(17)10-8-12)18-16(19)14-5-3-4-6-15(14)22(2,20)21/h3-11H,1-2H3,(H,18,19). The number of hydrogen-bond donors (Lipinski definition) is 1. The SMILES string of the molecule is CC(NC(=O)c1ccccc1S(C)(=O)=O)c1ccc(Br)cc1. The zero-order valence-corrected chi connectivity index (χ0v) is 14.6. The Labute approximate surface area is 138 Å². The third-order valence-corrected chi connectivity index (χ3v) is 4.93. The van der Waals surface area contributed by atoms with Crippen LogP contribution in [0.4, 0.5) is 0 Å². The summed E-state index contributed by atoms with van der Waals surface area (Å²) >= 11 is 3.36. The predicted octanol–water partition coefficient (Wildman–Crippen LogP) is 3.34. The molecule has 22 heavy (non-hydrogen) atoms. The van der Waals surface area contributed by atoms with Gasteiger partial charge in [0.15, 0.2) is 9.84 Å². The van der Waals surface area contributed by atoms with Crippen molar-refractivity contribution >= 4 is 31.7 Å². The topological polar surface area (TPSA) is 63.2 Å². The number of carbonyl (C=O) groups is 1. The van der Waals surface area contributed by atoms with E-state index in [1.807, 2.05) is 31.2 Å². The van der Waals surface area contributed by atoms with Gasteiger partial charge < -0.3 is 5.32 Å². The monoisotopic (exact) mass is 381 g/mol. The molecule has 2 aromatic rings. The molecule has 0 radical (unpaired) electrons. The summed E-state index contributed by atoms with van der Waals surface area (Å²) < 4.78 is 24.5. The van der Waals surface area contributed by atoms with Crippen LogP contribution in [0, 0.1) is 0 Å². The summed E-state index contributed by atoms with van der Waals surface area (Å²) in [6.07, 6.45) is 1.09. The van der Waals surface area contributed by atoms with Gasteiger partial charge in [0, 0.05) is 10.7 Å². The zero-order valence-electron chi connectivity index (χ0n) is 12.2. The van der Waals surface area contributed by atoms with Crippen molar-refractivity contribution in [3.63, 3.8) is 0 Å². The van der Waals surface area contributed by atoms with Crippen LogP contribution < -0.4 is 5.32 Å². The summed E-state index contributed by atoms with van der Waals surface area (Å²) in [4.78, 5) is 12.4. The zero-order chi connectivity index (χ0) is 16.3. The van der Waals surface area contributed by atoms with Gasteiger partial charge in [-0.05, 0) is 36.8 Å². The molecule has 1 amide bonds. The van der Waals surface area contributed by atoms with Gasteiger partial charge >= 0.3 is 0 Å². The van der Waals surface area contributed by atoms with Crippen molar-refractivity contribution < 1.29 is 13.2 Å². The maximum atomic E-state index is 12.4. The van der Waals surface area contributed by atoms with Gasteiger partial charge in [-0.15, -0.1) is 0 Å². The summed E-state index contributed by atoms with van der Waals surface area (Å²) in [6.45, 7) is 1.85. The number of rotatable bonds is 4. The van der Waals surface area contributed by atoms with Crippen LogP contribution in [-0.4, -0.2) is 20.6 Å². The van der Waals surface area contributed by atoms with Crippen molar-refractivity contribution in [2.45, 2.75) is 17.9 Å². The molecule has 1 unspecified atom stereocenters. The minimum absolute atomic E-state index is 0.0375. The number of nitrogens with one attached hydrogen (secondary N) is 1. The van der Waals surface area contributed by atoms with Gasteiger partial charge in [-0.2, -0.15) is 0 Å². The lowest BCUT2D eigenvalue weighted by atomic mass is 10.1. The molecule has 0 aliphatic heterocycles. The van der Waals surface area contributed by atoms with Crippen LogP contribution in [-0.2, 0) is 9.84 Å². The quantitative estimate of drug-likeness (QED) is 0.882. The lowest BCUT2D eigenvalue weighted by Crippen LogP contribution is -2.28. The Balaban J connectivity index is 2.25. The molecule has 0 bridgehead atoms. The molecule has 0 saturated carbocycles. The number of hydrogen-bond acceptors (Lipinski definition) is 3. The van der Waals surface area contributed by atoms with Gasteiger partial charge in [-0.1, -0.05) is 40.2 Å². The Morgan fingerprint density at radius 3 is 2.27 bits per heavy atom. The van der Waals surface area contributed by atoms with E-state index < -0.39 is 15.7 Å². The van der Waals surface area contributed by atoms with Gasteiger partial charge in [0.25, 0.3) is 5.91 Å². The van der Waals surface area contributed by atoms with Crippen LogP contribution in [0.25, 0.3) is 0 Å². The van der Waals surface area contributed by atoms with Crippen LogP contribution >= 0.6 is 15.9 Å². The average Bonchev–Trinajstić information content (AvgIpc) is 2.47. The summed E-state index contributed by atoms with van der Waals surface area (Å²) in [7, 11) is -3.45. The Morgan fingerprint density at radius 2 is 1.68 bits per heavy atom. The second kappa shape index (κ2) is 6.62. The number of carbonyl (C=O) groups excluding carboxylic acids is 1. The highest BCUT2D eigenvalue weighted by Gasteiger charge is 2.19. The predicted molar refractivity (Wildman–Crippen MR) is 89.6 cm³/mol. The van der Waals surface area contributed by atoms with Gasteiger partial charge in [0.05, 0.1) is 16.5 Å². The Bertz CT molecular complexity index is 785. The summed E-state index contributed by atoms with van der Waals surface area (Å²) in [5.41, 5.74) is 1.10. The molecule has 0 fully saturated rings. The number of benzene rings is 2. The summed E-state index contributed by atoms with van der Waals surface area (Å²) in [5, 5.41) is 2.83. The maximum Gasteiger partial charge on any atom is 0.253 e. The highest BCUT2D eigenvalue weighted by atomic mass is 79.9. The van der Waals surface area contributed by atoms with Gasteiger partial charge in [0.2, 0.25) is 0 Å². The smallest absolute Gasteiger partial charge is 0.253 e. The second-order valence-corrected chi connectivity index (χ2v) is 7.91. The van der Waals surface area contributed by atoms with Crippen molar-refractivity contribution in [1.29, 1.82) is 0 Å². The van der Waals surface area contributed by atoms with Gasteiger partial charge in [-0.25, -0.2) is 8.42 Å². The minimum atomic E-state index is -3.45. The van der Waals surface area contributed by atoms with Gasteiger partial charge in [-0.3, -0.25) is 4.79 Å². The molecule has 2 rings (SSSR count). The Hall–Kier alpha value is -1.66. The van der Waals surface area contributed by atoms with Crippen molar-refractivity contribution in [2.75, 3.05) is 6.26 Å². The van der Waals surface area contributed by atoms with Crippen LogP contribution in [0.5, 0.6) is 0 Å². The van der Waals surface area contributed by atoms with Crippen molar-refractivity contribution in [3.8, 4) is 0 Å². The molecular weight excluding hydrogens is 366 g/mol. The van der Waals surface area contributed by atoms with E-state index in [4.69, 9.17) is 0 Å². The molecule has 0 heterocycles. The maximum absolute atomic E-state index is 12.4. The van der Waals surface area contributed by atoms with Crippen LogP contribution in [0.15, 0.2) is 57.9 Å². The fourth-order valence-electron chi connectivity index (χ4n) is 2.09. The molecule has 2 aromatic carbocycles. The van der Waals surface area contributed by atoms with E-state index in [0.29, 0.717) is 0 Å². The molecule has 0 saturated heterocycles. The highest BCUT2D eigenvalue weighted by Crippen LogP contribution is 2.19. The fourth-order valence-corrected chi connectivity index (χ4v) is 3.24. The highest BCUT2D eigenvalue weighted by molar-refractivity contribution is 9.10. The minimum Gasteiger partial charge on any atom is -0.345 e. The lowest BCUT2D eigenvalue weighted by Gasteiger charge is -2.15. The molecular formula is C16H16BrNO3S. The van der Waals surface area contributed by atoms with E-state index in [-0.39, 0.29) is 16.5 Å². The van der Waals surface area contributed by atoms with E-state index in [9.17, 15) is 13.2 Å². The largest absolute Gasteiger partial charge is 0.345 e. The van der Waals surface area contributed by atoms with Crippen LogP contribution in [0.2, 0.25) is 0 Å². The Kier molecular flexibility index (Phi) is 5.03. The first-order chi connectivity index (χ1) is 10.3. The molecule has 1 atom stereocenters. The molecule has 6 heteroatoms. The molecule has 1 N–H and O–H groups in total. The molecule has 4 nitrogen and oxygen atoms in total. The third-order valence-electron chi connectivity index (χ3n) is 3.25. The normalized spacial score (nSPS) is 12.7. The molecule has 0 aliphatic rings. The van der Waals surface area contributed by atoms with Crippen molar-refractivity contribution in [2.24, 2.45) is 0 Å². The summed E-state index contributed by atoms with van der Waals surface area (Å²) in [6, 6.07) is 13.6. The number of halogens is 1. The first-order valence-electron chi connectivity index (χ1n) is 6.64. The Morgan fingerprint density at radius 1 is 1.09 bits per heavy atom. The second-order valence-electron chi connectivity index (χ2n) is 5.02. The van der Waals surface area contributed by atoms with E-state index in [2.05, 4.69) is 21.2 Å². The van der Waals surface area contributed by atoms with Crippen molar-refractivity contribution in [1.82, 2.24) is 5.32 Å². The molecule has 116 valence electrons. The molecule has 0 aromatic heterocycles. The van der Waals surface area contributed by atoms with Crippen LogP contribution in [0.3, 0.4) is 0 Å².